The molecule has 0 bridgehead atoms. The van der Waals surface area contributed by atoms with Gasteiger partial charge < -0.3 is 29.2 Å². The van der Waals surface area contributed by atoms with Gasteiger partial charge in [-0.3, -0.25) is 9.59 Å². The fourth-order valence-electron chi connectivity index (χ4n) is 3.08. The molecule has 0 aliphatic carbocycles. The zero-order valence-corrected chi connectivity index (χ0v) is 15.4. The smallest absolute Gasteiger partial charge is 0.231 e. The first-order valence-corrected chi connectivity index (χ1v) is 8.97. The quantitative estimate of drug-likeness (QED) is 0.853. The summed E-state index contributed by atoms with van der Waals surface area (Å²) in [5, 5.41) is 2.82. The van der Waals surface area contributed by atoms with Gasteiger partial charge in [-0.05, 0) is 24.3 Å². The van der Waals surface area contributed by atoms with Crippen LogP contribution in [0.3, 0.4) is 0 Å². The maximum absolute atomic E-state index is 12.4. The topological polar surface area (TPSA) is 86.3 Å². The molecule has 2 amide bonds. The van der Waals surface area contributed by atoms with Gasteiger partial charge in [0.2, 0.25) is 18.6 Å². The second-order valence-corrected chi connectivity index (χ2v) is 6.36. The Labute approximate surface area is 161 Å². The van der Waals surface area contributed by atoms with Crippen LogP contribution in [0, 0.1) is 0 Å². The molecule has 0 saturated heterocycles. The fourth-order valence-corrected chi connectivity index (χ4v) is 3.08. The van der Waals surface area contributed by atoms with Crippen LogP contribution in [0.5, 0.6) is 23.0 Å². The van der Waals surface area contributed by atoms with E-state index in [1.165, 1.54) is 11.8 Å². The van der Waals surface area contributed by atoms with Crippen molar-refractivity contribution in [2.45, 2.75) is 13.3 Å². The number of hydrogen-bond acceptors (Lipinski definition) is 6. The van der Waals surface area contributed by atoms with Gasteiger partial charge in [-0.25, -0.2) is 0 Å². The van der Waals surface area contributed by atoms with E-state index >= 15 is 0 Å². The van der Waals surface area contributed by atoms with Crippen molar-refractivity contribution in [1.82, 2.24) is 0 Å². The zero-order valence-electron chi connectivity index (χ0n) is 15.4. The molecular formula is C20H20N2O6. The van der Waals surface area contributed by atoms with Crippen LogP contribution in [-0.4, -0.2) is 38.4 Å². The van der Waals surface area contributed by atoms with E-state index in [4.69, 9.17) is 18.9 Å². The summed E-state index contributed by atoms with van der Waals surface area (Å²) in [4.78, 5) is 26.0. The molecule has 2 aliphatic heterocycles. The van der Waals surface area contributed by atoms with Crippen molar-refractivity contribution in [3.05, 3.63) is 36.4 Å². The number of benzene rings is 2. The van der Waals surface area contributed by atoms with Crippen molar-refractivity contribution in [2.75, 3.05) is 36.8 Å². The second kappa shape index (κ2) is 7.67. The SMILES string of the molecule is CC(=O)N(CCC(=O)Nc1ccc2c(c1)OCCO2)c1ccc2c(c1)OCO2. The maximum atomic E-state index is 12.4. The molecule has 2 aliphatic rings. The predicted octanol–water partition coefficient (Wildman–Crippen LogP) is 2.57. The molecule has 0 atom stereocenters. The molecule has 0 saturated carbocycles. The Morgan fingerprint density at radius 2 is 1.61 bits per heavy atom. The van der Waals surface area contributed by atoms with E-state index in [0.717, 1.165) is 0 Å². The summed E-state index contributed by atoms with van der Waals surface area (Å²) in [6, 6.07) is 10.5. The maximum Gasteiger partial charge on any atom is 0.231 e. The molecule has 8 nitrogen and oxygen atoms in total. The number of anilines is 2. The third-order valence-electron chi connectivity index (χ3n) is 4.44. The normalized spacial score (nSPS) is 13.8. The molecule has 0 spiro atoms. The van der Waals surface area contributed by atoms with E-state index in [1.807, 2.05) is 0 Å². The van der Waals surface area contributed by atoms with E-state index < -0.39 is 0 Å². The first kappa shape index (κ1) is 18.0. The third kappa shape index (κ3) is 3.80. The predicted molar refractivity (Wildman–Crippen MR) is 101 cm³/mol. The minimum absolute atomic E-state index is 0.141. The molecule has 0 aromatic heterocycles. The van der Waals surface area contributed by atoms with Gasteiger partial charge in [0.25, 0.3) is 0 Å². The highest BCUT2D eigenvalue weighted by Crippen LogP contribution is 2.36. The highest BCUT2D eigenvalue weighted by Gasteiger charge is 2.19. The Bertz CT molecular complexity index is 914. The van der Waals surface area contributed by atoms with Crippen molar-refractivity contribution in [3.63, 3.8) is 0 Å². The summed E-state index contributed by atoms with van der Waals surface area (Å²) in [5.74, 6) is 2.13. The lowest BCUT2D eigenvalue weighted by Gasteiger charge is -2.21. The van der Waals surface area contributed by atoms with Crippen LogP contribution in [-0.2, 0) is 9.59 Å². The molecule has 0 unspecified atom stereocenters. The fraction of sp³-hybridized carbons (Fsp3) is 0.300. The molecule has 4 rings (SSSR count). The summed E-state index contributed by atoms with van der Waals surface area (Å²) in [5.41, 5.74) is 1.27. The summed E-state index contributed by atoms with van der Waals surface area (Å²) in [6.07, 6.45) is 0.141. The van der Waals surface area contributed by atoms with E-state index in [9.17, 15) is 9.59 Å². The van der Waals surface area contributed by atoms with Crippen molar-refractivity contribution >= 4 is 23.2 Å². The van der Waals surface area contributed by atoms with Crippen LogP contribution in [0.25, 0.3) is 0 Å². The lowest BCUT2D eigenvalue weighted by atomic mass is 10.2. The van der Waals surface area contributed by atoms with Gasteiger partial charge >= 0.3 is 0 Å². The molecular weight excluding hydrogens is 364 g/mol. The highest BCUT2D eigenvalue weighted by molar-refractivity contribution is 5.95. The largest absolute Gasteiger partial charge is 0.486 e. The van der Waals surface area contributed by atoms with Gasteiger partial charge in [0, 0.05) is 43.4 Å². The summed E-state index contributed by atoms with van der Waals surface area (Å²) < 4.78 is 21.6. The monoisotopic (exact) mass is 384 g/mol. The average Bonchev–Trinajstić information content (AvgIpc) is 3.16. The van der Waals surface area contributed by atoms with Crippen molar-refractivity contribution < 1.29 is 28.5 Å². The molecule has 146 valence electrons. The second-order valence-electron chi connectivity index (χ2n) is 6.36. The standard InChI is InChI=1S/C20H20N2O6/c1-13(23)22(15-3-5-17-19(11-15)28-12-27-17)7-6-20(24)21-14-2-4-16-18(10-14)26-9-8-25-16/h2-5,10-11H,6-9,12H2,1H3,(H,21,24). The number of fused-ring (bicyclic) bond motifs is 2. The first-order chi connectivity index (χ1) is 13.6. The minimum atomic E-state index is -0.205. The first-order valence-electron chi connectivity index (χ1n) is 8.97. The summed E-state index contributed by atoms with van der Waals surface area (Å²) in [6.45, 7) is 2.86. The lowest BCUT2D eigenvalue weighted by Crippen LogP contribution is -2.31. The Kier molecular flexibility index (Phi) is 4.92. The Morgan fingerprint density at radius 3 is 2.43 bits per heavy atom. The number of amides is 2. The van der Waals surface area contributed by atoms with Crippen LogP contribution in [0.4, 0.5) is 11.4 Å². The number of carbonyl (C=O) groups excluding carboxylic acids is 2. The van der Waals surface area contributed by atoms with Gasteiger partial charge in [0.1, 0.15) is 13.2 Å². The van der Waals surface area contributed by atoms with Crippen LogP contribution >= 0.6 is 0 Å². The molecule has 2 heterocycles. The molecule has 2 aromatic carbocycles. The number of ether oxygens (including phenoxy) is 4. The summed E-state index contributed by atoms with van der Waals surface area (Å²) in [7, 11) is 0. The van der Waals surface area contributed by atoms with Crippen molar-refractivity contribution in [3.8, 4) is 23.0 Å². The van der Waals surface area contributed by atoms with Crippen molar-refractivity contribution in [1.29, 1.82) is 0 Å². The van der Waals surface area contributed by atoms with Crippen LogP contribution in [0.1, 0.15) is 13.3 Å². The Balaban J connectivity index is 1.39. The van der Waals surface area contributed by atoms with Gasteiger partial charge in [-0.15, -0.1) is 0 Å². The Morgan fingerprint density at radius 1 is 0.929 bits per heavy atom. The zero-order chi connectivity index (χ0) is 19.5. The third-order valence-corrected chi connectivity index (χ3v) is 4.44. The molecule has 28 heavy (non-hydrogen) atoms. The van der Waals surface area contributed by atoms with Gasteiger partial charge in [-0.2, -0.15) is 0 Å². The average molecular weight is 384 g/mol. The van der Waals surface area contributed by atoms with Crippen LogP contribution in [0.15, 0.2) is 36.4 Å². The van der Waals surface area contributed by atoms with Crippen LogP contribution < -0.4 is 29.2 Å². The van der Waals surface area contributed by atoms with Gasteiger partial charge in [0.05, 0.1) is 0 Å². The molecule has 1 N–H and O–H groups in total. The van der Waals surface area contributed by atoms with Crippen molar-refractivity contribution in [2.24, 2.45) is 0 Å². The minimum Gasteiger partial charge on any atom is -0.486 e. The molecule has 0 radical (unpaired) electrons. The molecule has 8 heteroatoms. The van der Waals surface area contributed by atoms with E-state index in [-0.39, 0.29) is 31.6 Å². The van der Waals surface area contributed by atoms with Gasteiger partial charge in [-0.1, -0.05) is 0 Å². The number of nitrogens with zero attached hydrogens (tertiary/aromatic N) is 1. The number of nitrogens with one attached hydrogen (secondary N) is 1. The van der Waals surface area contributed by atoms with Gasteiger partial charge in [0.15, 0.2) is 23.0 Å². The Hall–Kier alpha value is -3.42. The molecule has 0 fully saturated rings. The number of hydrogen-bond donors (Lipinski definition) is 1. The number of rotatable bonds is 5. The highest BCUT2D eigenvalue weighted by atomic mass is 16.7. The lowest BCUT2D eigenvalue weighted by molar-refractivity contribution is -0.117. The molecule has 2 aromatic rings. The van der Waals surface area contributed by atoms with E-state index in [0.29, 0.717) is 47.6 Å². The van der Waals surface area contributed by atoms with Crippen LogP contribution in [0.2, 0.25) is 0 Å². The van der Waals surface area contributed by atoms with E-state index in [1.54, 1.807) is 36.4 Å². The summed E-state index contributed by atoms with van der Waals surface area (Å²) >= 11 is 0. The number of carbonyl (C=O) groups is 2. The van der Waals surface area contributed by atoms with E-state index in [2.05, 4.69) is 5.32 Å².